The number of thiazole rings is 2. The summed E-state index contributed by atoms with van der Waals surface area (Å²) in [5, 5.41) is 10.5. The molecule has 1 fully saturated rings. The zero-order valence-corrected chi connectivity index (χ0v) is 14.1. The molecule has 1 aliphatic heterocycles. The topological polar surface area (TPSA) is 76.1 Å². The smallest absolute Gasteiger partial charge is 0.279 e. The van der Waals surface area contributed by atoms with Gasteiger partial charge in [-0.2, -0.15) is 0 Å². The predicted molar refractivity (Wildman–Crippen MR) is 89.1 cm³/mol. The van der Waals surface area contributed by atoms with Gasteiger partial charge in [-0.25, -0.2) is 9.97 Å². The summed E-state index contributed by atoms with van der Waals surface area (Å²) in [6, 6.07) is 0.335. The summed E-state index contributed by atoms with van der Waals surface area (Å²) in [6.07, 6.45) is 1.90. The van der Waals surface area contributed by atoms with E-state index in [1.165, 1.54) is 22.7 Å². The third kappa shape index (κ3) is 3.63. The van der Waals surface area contributed by atoms with E-state index in [1.54, 1.807) is 0 Å². The molecule has 2 aromatic rings. The fourth-order valence-electron chi connectivity index (χ4n) is 2.27. The van der Waals surface area contributed by atoms with Crippen LogP contribution >= 0.6 is 22.7 Å². The average molecular weight is 338 g/mol. The van der Waals surface area contributed by atoms with Crippen LogP contribution in [0.15, 0.2) is 5.38 Å². The normalized spacial score (nSPS) is 15.7. The van der Waals surface area contributed by atoms with E-state index in [0.717, 1.165) is 41.8 Å². The summed E-state index contributed by atoms with van der Waals surface area (Å²) in [4.78, 5) is 21.1. The van der Waals surface area contributed by atoms with Crippen LogP contribution in [-0.4, -0.2) is 35.1 Å². The zero-order chi connectivity index (χ0) is 15.5. The van der Waals surface area contributed by atoms with Crippen LogP contribution in [0.4, 0.5) is 10.1 Å². The number of carbonyl (C=O) groups excluding carboxylic acids is 1. The first kappa shape index (κ1) is 15.4. The van der Waals surface area contributed by atoms with Gasteiger partial charge in [-0.05, 0) is 26.7 Å². The first-order valence-corrected chi connectivity index (χ1v) is 8.86. The summed E-state index contributed by atoms with van der Waals surface area (Å²) in [7, 11) is 0. The van der Waals surface area contributed by atoms with E-state index in [2.05, 4.69) is 20.6 Å². The number of carbonyl (C=O) groups is 1. The van der Waals surface area contributed by atoms with Crippen molar-refractivity contribution in [1.82, 2.24) is 9.97 Å². The molecule has 0 aromatic carbocycles. The molecule has 2 aromatic heterocycles. The van der Waals surface area contributed by atoms with Crippen molar-refractivity contribution in [2.75, 3.05) is 23.8 Å². The lowest BCUT2D eigenvalue weighted by Crippen LogP contribution is -2.28. The molecule has 2 N–H and O–H groups in total. The molecule has 8 heteroatoms. The second-order valence-corrected chi connectivity index (χ2v) is 7.25. The maximum atomic E-state index is 12.4. The van der Waals surface area contributed by atoms with Gasteiger partial charge in [-0.15, -0.1) is 22.7 Å². The Morgan fingerprint density at radius 1 is 1.32 bits per heavy atom. The lowest BCUT2D eigenvalue weighted by Gasteiger charge is -2.23. The molecule has 3 rings (SSSR count). The van der Waals surface area contributed by atoms with Crippen molar-refractivity contribution < 1.29 is 9.53 Å². The van der Waals surface area contributed by atoms with Crippen LogP contribution in [0.5, 0.6) is 0 Å². The monoisotopic (exact) mass is 338 g/mol. The Kier molecular flexibility index (Phi) is 4.70. The van der Waals surface area contributed by atoms with Crippen molar-refractivity contribution in [1.29, 1.82) is 0 Å². The second-order valence-electron chi connectivity index (χ2n) is 5.19. The molecule has 0 bridgehead atoms. The summed E-state index contributed by atoms with van der Waals surface area (Å²) in [5.74, 6) is -0.215. The van der Waals surface area contributed by atoms with Gasteiger partial charge in [0.05, 0.1) is 10.7 Å². The van der Waals surface area contributed by atoms with Crippen LogP contribution < -0.4 is 10.6 Å². The number of aryl methyl sites for hydroxylation is 2. The van der Waals surface area contributed by atoms with Crippen LogP contribution in [0, 0.1) is 13.8 Å². The SMILES string of the molecule is Cc1csc(NC(=O)c2nc(C)sc2NC2CCOCC2)n1. The number of anilines is 2. The lowest BCUT2D eigenvalue weighted by atomic mass is 10.1. The fraction of sp³-hybridized carbons (Fsp3) is 0.500. The van der Waals surface area contributed by atoms with E-state index < -0.39 is 0 Å². The lowest BCUT2D eigenvalue weighted by molar-refractivity contribution is 0.0905. The molecule has 3 heterocycles. The third-order valence-corrected chi connectivity index (χ3v) is 5.12. The molecule has 1 saturated heterocycles. The van der Waals surface area contributed by atoms with Gasteiger partial charge in [0, 0.05) is 24.6 Å². The maximum Gasteiger partial charge on any atom is 0.279 e. The van der Waals surface area contributed by atoms with Gasteiger partial charge in [0.2, 0.25) is 0 Å². The highest BCUT2D eigenvalue weighted by molar-refractivity contribution is 7.16. The van der Waals surface area contributed by atoms with Gasteiger partial charge >= 0.3 is 0 Å². The van der Waals surface area contributed by atoms with Crippen molar-refractivity contribution in [2.45, 2.75) is 32.7 Å². The quantitative estimate of drug-likeness (QED) is 0.896. The molecule has 0 radical (unpaired) electrons. The molecule has 0 unspecified atom stereocenters. The minimum absolute atomic E-state index is 0.215. The molecule has 0 spiro atoms. The highest BCUT2D eigenvalue weighted by atomic mass is 32.1. The van der Waals surface area contributed by atoms with Gasteiger partial charge in [0.1, 0.15) is 5.00 Å². The van der Waals surface area contributed by atoms with Crippen molar-refractivity contribution in [3.05, 3.63) is 21.8 Å². The second kappa shape index (κ2) is 6.72. The Labute approximate surface area is 136 Å². The minimum atomic E-state index is -0.215. The summed E-state index contributed by atoms with van der Waals surface area (Å²) < 4.78 is 5.36. The molecule has 0 saturated carbocycles. The maximum absolute atomic E-state index is 12.4. The highest BCUT2D eigenvalue weighted by Gasteiger charge is 2.21. The van der Waals surface area contributed by atoms with E-state index in [4.69, 9.17) is 4.74 Å². The number of hydrogen-bond donors (Lipinski definition) is 2. The van der Waals surface area contributed by atoms with Crippen LogP contribution in [0.3, 0.4) is 0 Å². The molecule has 6 nitrogen and oxygen atoms in total. The van der Waals surface area contributed by atoms with Crippen molar-refractivity contribution in [3.8, 4) is 0 Å². The average Bonchev–Trinajstić information content (AvgIpc) is 3.06. The number of rotatable bonds is 4. The van der Waals surface area contributed by atoms with E-state index in [9.17, 15) is 4.79 Å². The number of hydrogen-bond acceptors (Lipinski definition) is 7. The van der Waals surface area contributed by atoms with Gasteiger partial charge < -0.3 is 10.1 Å². The van der Waals surface area contributed by atoms with Crippen LogP contribution in [0.25, 0.3) is 0 Å². The first-order chi connectivity index (χ1) is 10.6. The largest absolute Gasteiger partial charge is 0.381 e. The van der Waals surface area contributed by atoms with E-state index >= 15 is 0 Å². The number of nitrogens with zero attached hydrogens (tertiary/aromatic N) is 2. The number of nitrogens with one attached hydrogen (secondary N) is 2. The molecule has 118 valence electrons. The summed E-state index contributed by atoms with van der Waals surface area (Å²) in [6.45, 7) is 5.33. The number of aromatic nitrogens is 2. The van der Waals surface area contributed by atoms with Crippen LogP contribution in [0.1, 0.15) is 34.0 Å². The number of ether oxygens (including phenoxy) is 1. The zero-order valence-electron chi connectivity index (χ0n) is 12.5. The van der Waals surface area contributed by atoms with E-state index in [-0.39, 0.29) is 5.91 Å². The third-order valence-electron chi connectivity index (χ3n) is 3.35. The summed E-state index contributed by atoms with van der Waals surface area (Å²) in [5.41, 5.74) is 1.34. The molecule has 1 amide bonds. The molecule has 22 heavy (non-hydrogen) atoms. The Morgan fingerprint density at radius 2 is 2.09 bits per heavy atom. The molecular formula is C14H18N4O2S2. The van der Waals surface area contributed by atoms with Crippen molar-refractivity contribution in [3.63, 3.8) is 0 Å². The van der Waals surface area contributed by atoms with Crippen LogP contribution in [-0.2, 0) is 4.74 Å². The van der Waals surface area contributed by atoms with Crippen molar-refractivity contribution in [2.24, 2.45) is 0 Å². The van der Waals surface area contributed by atoms with Crippen LogP contribution in [0.2, 0.25) is 0 Å². The molecular weight excluding hydrogens is 320 g/mol. The van der Waals surface area contributed by atoms with Gasteiger partial charge in [0.15, 0.2) is 10.8 Å². The Bertz CT molecular complexity index is 662. The predicted octanol–water partition coefficient (Wildman–Crippen LogP) is 3.06. The standard InChI is InChI=1S/C14H18N4O2S2/c1-8-7-21-14(15-8)18-12(19)11-13(22-9(2)16-11)17-10-3-5-20-6-4-10/h7,10,17H,3-6H2,1-2H3,(H,15,18,19). The fourth-order valence-corrected chi connectivity index (χ4v) is 3.85. The minimum Gasteiger partial charge on any atom is -0.381 e. The Morgan fingerprint density at radius 3 is 2.77 bits per heavy atom. The summed E-state index contributed by atoms with van der Waals surface area (Å²) >= 11 is 2.93. The molecule has 0 aliphatic carbocycles. The van der Waals surface area contributed by atoms with E-state index in [1.807, 2.05) is 19.2 Å². The number of amides is 1. The molecule has 1 aliphatic rings. The highest BCUT2D eigenvalue weighted by Crippen LogP contribution is 2.28. The first-order valence-electron chi connectivity index (χ1n) is 7.17. The van der Waals surface area contributed by atoms with Gasteiger partial charge in [0.25, 0.3) is 5.91 Å². The van der Waals surface area contributed by atoms with Gasteiger partial charge in [-0.3, -0.25) is 10.1 Å². The molecule has 0 atom stereocenters. The van der Waals surface area contributed by atoms with Gasteiger partial charge in [-0.1, -0.05) is 0 Å². The Hall–Kier alpha value is -1.51. The van der Waals surface area contributed by atoms with Crippen molar-refractivity contribution >= 4 is 38.7 Å². The van der Waals surface area contributed by atoms with E-state index in [0.29, 0.717) is 16.9 Å². The Balaban J connectivity index is 1.73.